The fourth-order valence-electron chi connectivity index (χ4n) is 1.27. The van der Waals surface area contributed by atoms with Gasteiger partial charge in [-0.1, -0.05) is 18.2 Å². The predicted molar refractivity (Wildman–Crippen MR) is 55.5 cm³/mol. The fraction of sp³-hybridized carbons (Fsp3) is 0.222. The molecular weight excluding hydrogens is 215 g/mol. The summed E-state index contributed by atoms with van der Waals surface area (Å²) < 4.78 is 16.7. The van der Waals surface area contributed by atoms with Crippen LogP contribution in [0, 0.1) is 0 Å². The Labute approximate surface area is 87.4 Å². The van der Waals surface area contributed by atoms with Crippen LogP contribution >= 0.6 is 7.67 Å². The standard InChI is InChI=1S/C9H11N2O3P/c12-9(8-4-2-1-3-5-8)11-15(13)10-6-7-14-15/h1-5H,6-7H2,(H2,10,11,12,13). The zero-order valence-corrected chi connectivity index (χ0v) is 8.87. The first-order valence-corrected chi connectivity index (χ1v) is 6.19. The van der Waals surface area contributed by atoms with Crippen molar-refractivity contribution in [3.05, 3.63) is 35.9 Å². The van der Waals surface area contributed by atoms with Crippen molar-refractivity contribution in [2.45, 2.75) is 0 Å². The molecule has 0 aromatic heterocycles. The lowest BCUT2D eigenvalue weighted by atomic mass is 10.2. The first kappa shape index (κ1) is 10.4. The summed E-state index contributed by atoms with van der Waals surface area (Å²) in [6, 6.07) is 8.60. The molecule has 5 nitrogen and oxygen atoms in total. The van der Waals surface area contributed by atoms with E-state index in [2.05, 4.69) is 10.2 Å². The van der Waals surface area contributed by atoms with Gasteiger partial charge in [0.25, 0.3) is 5.91 Å². The van der Waals surface area contributed by atoms with E-state index in [0.29, 0.717) is 18.7 Å². The average molecular weight is 226 g/mol. The molecule has 0 saturated carbocycles. The molecule has 0 bridgehead atoms. The van der Waals surface area contributed by atoms with Gasteiger partial charge in [0.1, 0.15) is 0 Å². The van der Waals surface area contributed by atoms with Crippen LogP contribution in [0.1, 0.15) is 10.4 Å². The smallest absolute Gasteiger partial charge is 0.301 e. The Bertz CT molecular complexity index is 397. The van der Waals surface area contributed by atoms with Crippen molar-refractivity contribution in [2.24, 2.45) is 0 Å². The summed E-state index contributed by atoms with van der Waals surface area (Å²) in [7, 11) is -3.14. The van der Waals surface area contributed by atoms with E-state index in [1.54, 1.807) is 24.3 Å². The van der Waals surface area contributed by atoms with E-state index < -0.39 is 13.6 Å². The summed E-state index contributed by atoms with van der Waals surface area (Å²) >= 11 is 0. The van der Waals surface area contributed by atoms with Crippen molar-refractivity contribution >= 4 is 13.6 Å². The van der Waals surface area contributed by atoms with Crippen molar-refractivity contribution < 1.29 is 13.9 Å². The van der Waals surface area contributed by atoms with Crippen LogP contribution in [0.5, 0.6) is 0 Å². The van der Waals surface area contributed by atoms with Gasteiger partial charge in [0.15, 0.2) is 0 Å². The Morgan fingerprint density at radius 3 is 2.73 bits per heavy atom. The molecule has 0 spiro atoms. The lowest BCUT2D eigenvalue weighted by Crippen LogP contribution is -2.24. The Hall–Kier alpha value is -1.16. The topological polar surface area (TPSA) is 67.4 Å². The predicted octanol–water partition coefficient (Wildman–Crippen LogP) is 1.14. The summed E-state index contributed by atoms with van der Waals surface area (Å²) in [4.78, 5) is 11.6. The van der Waals surface area contributed by atoms with Crippen molar-refractivity contribution in [2.75, 3.05) is 13.2 Å². The van der Waals surface area contributed by atoms with Crippen LogP contribution in [0.3, 0.4) is 0 Å². The van der Waals surface area contributed by atoms with Crippen LogP contribution in [0.15, 0.2) is 30.3 Å². The highest BCUT2D eigenvalue weighted by molar-refractivity contribution is 7.55. The average Bonchev–Trinajstić information content (AvgIpc) is 2.66. The van der Waals surface area contributed by atoms with Crippen molar-refractivity contribution in [3.8, 4) is 0 Å². The number of hydrogen-bond donors (Lipinski definition) is 2. The van der Waals surface area contributed by atoms with E-state index in [1.807, 2.05) is 6.07 Å². The summed E-state index contributed by atoms with van der Waals surface area (Å²) in [5, 5.41) is 4.99. The van der Waals surface area contributed by atoms with Gasteiger partial charge >= 0.3 is 7.67 Å². The molecule has 1 aliphatic heterocycles. The second kappa shape index (κ2) is 4.14. The van der Waals surface area contributed by atoms with Crippen LogP contribution in [0.2, 0.25) is 0 Å². The second-order valence-electron chi connectivity index (χ2n) is 3.10. The van der Waals surface area contributed by atoms with Gasteiger partial charge in [-0.05, 0) is 12.1 Å². The molecule has 1 aromatic carbocycles. The number of carbonyl (C=O) groups is 1. The molecule has 0 radical (unpaired) electrons. The molecule has 1 aromatic rings. The van der Waals surface area contributed by atoms with Crippen LogP contribution in [0.25, 0.3) is 0 Å². The molecule has 1 amide bonds. The second-order valence-corrected chi connectivity index (χ2v) is 5.00. The molecule has 1 aliphatic rings. The van der Waals surface area contributed by atoms with Gasteiger partial charge < -0.3 is 4.52 Å². The molecule has 1 heterocycles. The van der Waals surface area contributed by atoms with E-state index >= 15 is 0 Å². The molecule has 1 unspecified atom stereocenters. The Morgan fingerprint density at radius 1 is 1.40 bits per heavy atom. The van der Waals surface area contributed by atoms with E-state index in [-0.39, 0.29) is 0 Å². The molecule has 1 fully saturated rings. The van der Waals surface area contributed by atoms with Gasteiger partial charge in [-0.3, -0.25) is 9.88 Å². The molecule has 80 valence electrons. The fourth-order valence-corrected chi connectivity index (χ4v) is 2.64. The molecule has 15 heavy (non-hydrogen) atoms. The van der Waals surface area contributed by atoms with Crippen molar-refractivity contribution in [1.29, 1.82) is 0 Å². The lowest BCUT2D eigenvalue weighted by molar-refractivity contribution is 0.0975. The van der Waals surface area contributed by atoms with Crippen molar-refractivity contribution in [1.82, 2.24) is 10.2 Å². The molecule has 2 rings (SSSR count). The maximum absolute atomic E-state index is 11.7. The Kier molecular flexibility index (Phi) is 2.86. The number of hydrogen-bond acceptors (Lipinski definition) is 3. The monoisotopic (exact) mass is 226 g/mol. The van der Waals surface area contributed by atoms with E-state index in [0.717, 1.165) is 0 Å². The molecular formula is C9H11N2O3P. The van der Waals surface area contributed by atoms with E-state index in [9.17, 15) is 9.36 Å². The summed E-state index contributed by atoms with van der Waals surface area (Å²) in [6.07, 6.45) is 0. The first-order valence-electron chi connectivity index (χ1n) is 4.57. The van der Waals surface area contributed by atoms with Crippen LogP contribution in [-0.4, -0.2) is 19.1 Å². The third-order valence-corrected chi connectivity index (χ3v) is 3.66. The van der Waals surface area contributed by atoms with Gasteiger partial charge in [0, 0.05) is 12.1 Å². The largest absolute Gasteiger partial charge is 0.368 e. The normalized spacial score (nSPS) is 25.1. The Morgan fingerprint density at radius 2 is 2.13 bits per heavy atom. The maximum Gasteiger partial charge on any atom is 0.368 e. The van der Waals surface area contributed by atoms with Crippen molar-refractivity contribution in [3.63, 3.8) is 0 Å². The maximum atomic E-state index is 11.7. The SMILES string of the molecule is O=C(NP1(=O)NCCO1)c1ccccc1. The summed E-state index contributed by atoms with van der Waals surface area (Å²) in [5.74, 6) is -0.395. The summed E-state index contributed by atoms with van der Waals surface area (Å²) in [6.45, 7) is 0.846. The highest BCUT2D eigenvalue weighted by Gasteiger charge is 2.30. The quantitative estimate of drug-likeness (QED) is 0.742. The van der Waals surface area contributed by atoms with Gasteiger partial charge in [0.2, 0.25) is 0 Å². The van der Waals surface area contributed by atoms with Gasteiger partial charge in [0.05, 0.1) is 6.61 Å². The van der Waals surface area contributed by atoms with E-state index in [1.165, 1.54) is 0 Å². The zero-order chi connectivity index (χ0) is 10.7. The number of amides is 1. The Balaban J connectivity index is 2.07. The third-order valence-electron chi connectivity index (χ3n) is 1.98. The molecule has 6 heteroatoms. The van der Waals surface area contributed by atoms with Crippen LogP contribution < -0.4 is 10.2 Å². The molecule has 0 aliphatic carbocycles. The summed E-state index contributed by atoms with van der Waals surface area (Å²) in [5.41, 5.74) is 0.463. The highest BCUT2D eigenvalue weighted by atomic mass is 31.2. The molecule has 1 atom stereocenters. The van der Waals surface area contributed by atoms with Gasteiger partial charge in [-0.25, -0.2) is 9.65 Å². The van der Waals surface area contributed by atoms with Crippen LogP contribution in [-0.2, 0) is 9.09 Å². The highest BCUT2D eigenvalue weighted by Crippen LogP contribution is 2.40. The first-order chi connectivity index (χ1) is 7.20. The number of carbonyl (C=O) groups excluding carboxylic acids is 1. The molecule has 2 N–H and O–H groups in total. The minimum absolute atomic E-state index is 0.354. The molecule has 1 saturated heterocycles. The number of benzene rings is 1. The number of nitrogens with one attached hydrogen (secondary N) is 2. The minimum atomic E-state index is -3.14. The van der Waals surface area contributed by atoms with E-state index in [4.69, 9.17) is 4.52 Å². The minimum Gasteiger partial charge on any atom is -0.301 e. The number of rotatable bonds is 2. The zero-order valence-electron chi connectivity index (χ0n) is 7.97. The van der Waals surface area contributed by atoms with Gasteiger partial charge in [-0.2, -0.15) is 0 Å². The third kappa shape index (κ3) is 2.45. The van der Waals surface area contributed by atoms with Gasteiger partial charge in [-0.15, -0.1) is 0 Å². The van der Waals surface area contributed by atoms with Crippen LogP contribution in [0.4, 0.5) is 0 Å². The lowest BCUT2D eigenvalue weighted by Gasteiger charge is -2.11.